The molecule has 0 aromatic heterocycles. The fourth-order valence-corrected chi connectivity index (χ4v) is 1.55. The van der Waals surface area contributed by atoms with Crippen molar-refractivity contribution in [2.75, 3.05) is 32.5 Å². The van der Waals surface area contributed by atoms with E-state index in [0.29, 0.717) is 0 Å². The van der Waals surface area contributed by atoms with Crippen molar-refractivity contribution < 1.29 is 0 Å². The molecule has 0 aromatic rings. The summed E-state index contributed by atoms with van der Waals surface area (Å²) in [4.78, 5) is 2.47. The van der Waals surface area contributed by atoms with Crippen LogP contribution < -0.4 is 0 Å². The molecule has 1 atom stereocenters. The first-order chi connectivity index (χ1) is 5.35. The maximum Gasteiger partial charge on any atom is -0.00161 e. The SMILES string of the molecule is CCN(CC)CC[CH]CPC. The Morgan fingerprint density at radius 1 is 1.27 bits per heavy atom. The number of nitrogens with zero attached hydrogens (tertiary/aromatic N) is 1. The molecule has 0 rings (SSSR count). The quantitative estimate of drug-likeness (QED) is 0.422. The van der Waals surface area contributed by atoms with E-state index in [0.717, 1.165) is 8.58 Å². The molecule has 0 saturated heterocycles. The van der Waals surface area contributed by atoms with Crippen LogP contribution in [0.3, 0.4) is 0 Å². The van der Waals surface area contributed by atoms with E-state index in [1.165, 1.54) is 32.2 Å². The molecule has 0 amide bonds. The van der Waals surface area contributed by atoms with Crippen LogP contribution in [0.25, 0.3) is 0 Å². The molecule has 0 saturated carbocycles. The molecule has 0 aromatic carbocycles. The molecule has 0 fully saturated rings. The fourth-order valence-electron chi connectivity index (χ4n) is 1.06. The maximum atomic E-state index is 2.47. The van der Waals surface area contributed by atoms with Gasteiger partial charge in [0.25, 0.3) is 0 Å². The maximum absolute atomic E-state index is 2.47. The molecule has 1 radical (unpaired) electrons. The predicted molar refractivity (Wildman–Crippen MR) is 55.8 cm³/mol. The molecule has 1 nitrogen and oxygen atoms in total. The van der Waals surface area contributed by atoms with Gasteiger partial charge in [-0.15, -0.1) is 8.58 Å². The van der Waals surface area contributed by atoms with Gasteiger partial charge in [-0.3, -0.25) is 0 Å². The van der Waals surface area contributed by atoms with Crippen molar-refractivity contribution in [2.45, 2.75) is 20.3 Å². The monoisotopic (exact) mass is 174 g/mol. The molecule has 0 aliphatic carbocycles. The molecular weight excluding hydrogens is 153 g/mol. The lowest BCUT2D eigenvalue weighted by Gasteiger charge is -2.17. The number of rotatable bonds is 7. The van der Waals surface area contributed by atoms with Crippen LogP contribution in [0.2, 0.25) is 0 Å². The van der Waals surface area contributed by atoms with Crippen LogP contribution in [0, 0.1) is 6.42 Å². The van der Waals surface area contributed by atoms with Crippen molar-refractivity contribution in [3.05, 3.63) is 6.42 Å². The van der Waals surface area contributed by atoms with Gasteiger partial charge < -0.3 is 4.90 Å². The van der Waals surface area contributed by atoms with Gasteiger partial charge in [0.1, 0.15) is 0 Å². The van der Waals surface area contributed by atoms with E-state index in [1.54, 1.807) is 0 Å². The highest BCUT2D eigenvalue weighted by Gasteiger charge is 1.96. The van der Waals surface area contributed by atoms with Gasteiger partial charge in [0.15, 0.2) is 0 Å². The van der Waals surface area contributed by atoms with Gasteiger partial charge in [-0.1, -0.05) is 13.8 Å². The first kappa shape index (κ1) is 11.4. The van der Waals surface area contributed by atoms with E-state index in [1.807, 2.05) is 0 Å². The smallest absolute Gasteiger partial charge is 0.00161 e. The largest absolute Gasteiger partial charge is 0.304 e. The molecule has 11 heavy (non-hydrogen) atoms. The Bertz CT molecular complexity index is 72.0. The third kappa shape index (κ3) is 6.77. The highest BCUT2D eigenvalue weighted by molar-refractivity contribution is 7.37. The van der Waals surface area contributed by atoms with Crippen LogP contribution >= 0.6 is 8.58 Å². The summed E-state index contributed by atoms with van der Waals surface area (Å²) in [6.07, 6.45) is 4.99. The first-order valence-electron chi connectivity index (χ1n) is 4.53. The number of hydrogen-bond donors (Lipinski definition) is 0. The van der Waals surface area contributed by atoms with Crippen molar-refractivity contribution in [1.29, 1.82) is 0 Å². The molecule has 2 heteroatoms. The lowest BCUT2D eigenvalue weighted by atomic mass is 10.3. The van der Waals surface area contributed by atoms with Gasteiger partial charge in [-0.25, -0.2) is 0 Å². The minimum absolute atomic E-state index is 1.09. The highest BCUT2D eigenvalue weighted by Crippen LogP contribution is 2.05. The molecule has 0 spiro atoms. The van der Waals surface area contributed by atoms with Crippen molar-refractivity contribution >= 4 is 8.58 Å². The summed E-state index contributed by atoms with van der Waals surface area (Å²) >= 11 is 0. The van der Waals surface area contributed by atoms with Crippen molar-refractivity contribution in [3.63, 3.8) is 0 Å². The summed E-state index contributed by atoms with van der Waals surface area (Å²) in [6.45, 7) is 10.3. The Labute approximate surface area is 73.3 Å². The fraction of sp³-hybridized carbons (Fsp3) is 0.889. The minimum Gasteiger partial charge on any atom is -0.304 e. The standard InChI is InChI=1S/C9H21NP/c1-4-10(5-2)8-6-7-9-11-3/h7,11H,4-6,8-9H2,1-3H3. The van der Waals surface area contributed by atoms with E-state index in [9.17, 15) is 0 Å². The number of hydrogen-bond acceptors (Lipinski definition) is 1. The topological polar surface area (TPSA) is 3.24 Å². The van der Waals surface area contributed by atoms with Crippen LogP contribution in [0.1, 0.15) is 20.3 Å². The average molecular weight is 174 g/mol. The van der Waals surface area contributed by atoms with Crippen molar-refractivity contribution in [3.8, 4) is 0 Å². The third-order valence-corrected chi connectivity index (χ3v) is 2.59. The Kier molecular flexibility index (Phi) is 8.79. The summed E-state index contributed by atoms with van der Waals surface area (Å²) in [7, 11) is 1.09. The lowest BCUT2D eigenvalue weighted by molar-refractivity contribution is 0.307. The summed E-state index contributed by atoms with van der Waals surface area (Å²) in [6, 6.07) is 0. The molecule has 0 bridgehead atoms. The van der Waals surface area contributed by atoms with Crippen molar-refractivity contribution in [1.82, 2.24) is 4.90 Å². The molecule has 0 aliphatic rings. The molecular formula is C9H21NP. The van der Waals surface area contributed by atoms with E-state index in [4.69, 9.17) is 0 Å². The van der Waals surface area contributed by atoms with E-state index in [-0.39, 0.29) is 0 Å². The van der Waals surface area contributed by atoms with Gasteiger partial charge in [0.2, 0.25) is 0 Å². The Balaban J connectivity index is 3.07. The van der Waals surface area contributed by atoms with Gasteiger partial charge >= 0.3 is 0 Å². The molecule has 0 heterocycles. The normalized spacial score (nSPS) is 12.0. The summed E-state index contributed by atoms with van der Waals surface area (Å²) in [5, 5.41) is 0. The third-order valence-electron chi connectivity index (χ3n) is 1.89. The second-order valence-electron chi connectivity index (χ2n) is 2.66. The highest BCUT2D eigenvalue weighted by atomic mass is 31.1. The van der Waals surface area contributed by atoms with Gasteiger partial charge in [-0.2, -0.15) is 0 Å². The zero-order valence-electron chi connectivity index (χ0n) is 8.06. The van der Waals surface area contributed by atoms with E-state index >= 15 is 0 Å². The van der Waals surface area contributed by atoms with E-state index < -0.39 is 0 Å². The lowest BCUT2D eigenvalue weighted by Crippen LogP contribution is -2.24. The van der Waals surface area contributed by atoms with Crippen LogP contribution in [-0.2, 0) is 0 Å². The Morgan fingerprint density at radius 3 is 2.36 bits per heavy atom. The Morgan fingerprint density at radius 2 is 1.91 bits per heavy atom. The first-order valence-corrected chi connectivity index (χ1v) is 6.24. The van der Waals surface area contributed by atoms with Crippen LogP contribution in [0.5, 0.6) is 0 Å². The summed E-state index contributed by atoms with van der Waals surface area (Å²) in [5.41, 5.74) is 0. The molecule has 0 N–H and O–H groups in total. The van der Waals surface area contributed by atoms with Crippen LogP contribution in [0.15, 0.2) is 0 Å². The van der Waals surface area contributed by atoms with Gasteiger partial charge in [-0.05, 0) is 45.3 Å². The van der Waals surface area contributed by atoms with Crippen LogP contribution in [-0.4, -0.2) is 37.4 Å². The second kappa shape index (κ2) is 8.49. The Hall–Kier alpha value is 0.390. The minimum atomic E-state index is 1.09. The summed E-state index contributed by atoms with van der Waals surface area (Å²) in [5.74, 6) is 0. The zero-order valence-corrected chi connectivity index (χ0v) is 9.06. The molecule has 67 valence electrons. The van der Waals surface area contributed by atoms with Gasteiger partial charge in [0, 0.05) is 0 Å². The second-order valence-corrected chi connectivity index (χ2v) is 3.78. The molecule has 1 unspecified atom stereocenters. The average Bonchev–Trinajstić information content (AvgIpc) is 2.05. The van der Waals surface area contributed by atoms with Gasteiger partial charge in [0.05, 0.1) is 0 Å². The zero-order chi connectivity index (χ0) is 8.53. The van der Waals surface area contributed by atoms with Crippen molar-refractivity contribution in [2.24, 2.45) is 0 Å². The predicted octanol–water partition coefficient (Wildman–Crippen LogP) is 2.23. The molecule has 0 aliphatic heterocycles. The van der Waals surface area contributed by atoms with Crippen LogP contribution in [0.4, 0.5) is 0 Å². The summed E-state index contributed by atoms with van der Waals surface area (Å²) < 4.78 is 0. The van der Waals surface area contributed by atoms with E-state index in [2.05, 4.69) is 31.8 Å². The number of unbranched alkanes of at least 4 members (excludes halogenated alkanes) is 1.